The Kier molecular flexibility index (Phi) is 4.11. The molecule has 0 bridgehead atoms. The summed E-state index contributed by atoms with van der Waals surface area (Å²) >= 11 is 0. The Morgan fingerprint density at radius 2 is 1.56 bits per heavy atom. The fourth-order valence-corrected chi connectivity index (χ4v) is 3.10. The molecule has 25 heavy (non-hydrogen) atoms. The summed E-state index contributed by atoms with van der Waals surface area (Å²) in [6, 6.07) is 13.8. The molecule has 3 aromatic rings. The van der Waals surface area contributed by atoms with Gasteiger partial charge < -0.3 is 5.11 Å². The molecule has 2 aromatic carbocycles. The van der Waals surface area contributed by atoms with Gasteiger partial charge in [0.1, 0.15) is 0 Å². The molecule has 0 spiro atoms. The molecule has 0 unspecified atom stereocenters. The van der Waals surface area contributed by atoms with Crippen LogP contribution in [0.3, 0.4) is 0 Å². The third kappa shape index (κ3) is 3.14. The molecule has 1 aromatic heterocycles. The molecule has 0 aliphatic carbocycles. The molecule has 128 valence electrons. The van der Waals surface area contributed by atoms with Crippen LogP contribution in [0.1, 0.15) is 47.8 Å². The molecule has 0 radical (unpaired) electrons. The van der Waals surface area contributed by atoms with Crippen LogP contribution >= 0.6 is 0 Å². The number of carboxylic acid groups (broad SMARTS) is 1. The Hall–Kier alpha value is -2.68. The van der Waals surface area contributed by atoms with Crippen LogP contribution in [0.5, 0.6) is 0 Å². The smallest absolute Gasteiger partial charge is 0.336 e. The van der Waals surface area contributed by atoms with Crippen molar-refractivity contribution in [1.29, 1.82) is 0 Å². The van der Waals surface area contributed by atoms with Crippen molar-refractivity contribution in [2.45, 2.75) is 40.0 Å². The van der Waals surface area contributed by atoms with E-state index in [1.165, 1.54) is 5.56 Å². The Morgan fingerprint density at radius 1 is 0.960 bits per heavy atom. The van der Waals surface area contributed by atoms with Crippen LogP contribution in [0.4, 0.5) is 0 Å². The predicted molar refractivity (Wildman–Crippen MR) is 102 cm³/mol. The Labute approximate surface area is 148 Å². The highest BCUT2D eigenvalue weighted by Crippen LogP contribution is 2.30. The average molecular weight is 333 g/mol. The number of aryl methyl sites for hydroxylation is 2. The van der Waals surface area contributed by atoms with Gasteiger partial charge in [0.25, 0.3) is 0 Å². The Morgan fingerprint density at radius 3 is 2.12 bits per heavy atom. The zero-order valence-electron chi connectivity index (χ0n) is 15.3. The van der Waals surface area contributed by atoms with Crippen molar-refractivity contribution in [1.82, 2.24) is 4.98 Å². The molecule has 0 saturated carbocycles. The zero-order chi connectivity index (χ0) is 18.4. The van der Waals surface area contributed by atoms with Crippen molar-refractivity contribution in [2.24, 2.45) is 0 Å². The summed E-state index contributed by atoms with van der Waals surface area (Å²) in [5, 5.41) is 10.4. The number of benzene rings is 2. The van der Waals surface area contributed by atoms with E-state index < -0.39 is 5.97 Å². The van der Waals surface area contributed by atoms with Crippen molar-refractivity contribution in [2.75, 3.05) is 0 Å². The molecular formula is C22H23NO2. The number of hydrogen-bond donors (Lipinski definition) is 1. The quantitative estimate of drug-likeness (QED) is 0.672. The molecule has 0 fully saturated rings. The molecule has 0 aliphatic rings. The lowest BCUT2D eigenvalue weighted by Gasteiger charge is -2.19. The number of carboxylic acids is 1. The summed E-state index contributed by atoms with van der Waals surface area (Å²) in [5.74, 6) is -0.923. The molecule has 0 atom stereocenters. The monoisotopic (exact) mass is 333 g/mol. The maximum Gasteiger partial charge on any atom is 0.336 e. The Bertz CT molecular complexity index is 964. The lowest BCUT2D eigenvalue weighted by Crippen LogP contribution is -2.10. The fraction of sp³-hybridized carbons (Fsp3) is 0.273. The van der Waals surface area contributed by atoms with E-state index in [-0.39, 0.29) is 5.41 Å². The Balaban J connectivity index is 2.24. The first-order chi connectivity index (χ1) is 11.7. The number of hydrogen-bond acceptors (Lipinski definition) is 2. The molecule has 3 heteroatoms. The number of pyridine rings is 1. The number of aromatic carboxylic acids is 1. The van der Waals surface area contributed by atoms with E-state index in [0.29, 0.717) is 11.3 Å². The van der Waals surface area contributed by atoms with Crippen LogP contribution in [0, 0.1) is 13.8 Å². The largest absolute Gasteiger partial charge is 0.478 e. The minimum atomic E-state index is -0.923. The van der Waals surface area contributed by atoms with Gasteiger partial charge in [0.2, 0.25) is 0 Å². The van der Waals surface area contributed by atoms with E-state index in [0.717, 1.165) is 27.6 Å². The van der Waals surface area contributed by atoms with Gasteiger partial charge in [0, 0.05) is 10.9 Å². The van der Waals surface area contributed by atoms with Gasteiger partial charge >= 0.3 is 5.97 Å². The van der Waals surface area contributed by atoms with Crippen LogP contribution < -0.4 is 0 Å². The highest BCUT2D eigenvalue weighted by molar-refractivity contribution is 6.05. The van der Waals surface area contributed by atoms with E-state index in [1.807, 2.05) is 38.1 Å². The highest BCUT2D eigenvalue weighted by atomic mass is 16.4. The second-order valence-corrected chi connectivity index (χ2v) is 7.61. The molecule has 0 saturated heterocycles. The van der Waals surface area contributed by atoms with Crippen LogP contribution in [0.2, 0.25) is 0 Å². The molecule has 1 N–H and O–H groups in total. The van der Waals surface area contributed by atoms with Gasteiger partial charge in [-0.1, -0.05) is 57.2 Å². The maximum absolute atomic E-state index is 11.8. The lowest BCUT2D eigenvalue weighted by molar-refractivity contribution is 0.0699. The average Bonchev–Trinajstić information content (AvgIpc) is 2.56. The van der Waals surface area contributed by atoms with Crippen molar-refractivity contribution in [3.05, 3.63) is 64.7 Å². The van der Waals surface area contributed by atoms with Crippen LogP contribution in [-0.4, -0.2) is 16.1 Å². The predicted octanol–water partition coefficient (Wildman–Crippen LogP) is 5.51. The number of fused-ring (bicyclic) bond motifs is 1. The first-order valence-corrected chi connectivity index (χ1v) is 8.43. The van der Waals surface area contributed by atoms with E-state index in [9.17, 15) is 9.90 Å². The van der Waals surface area contributed by atoms with Gasteiger partial charge in [0.15, 0.2) is 0 Å². The summed E-state index contributed by atoms with van der Waals surface area (Å²) in [7, 11) is 0. The van der Waals surface area contributed by atoms with Crippen LogP contribution in [0.25, 0.3) is 22.2 Å². The summed E-state index contributed by atoms with van der Waals surface area (Å²) in [4.78, 5) is 16.6. The van der Waals surface area contributed by atoms with E-state index in [4.69, 9.17) is 4.98 Å². The second-order valence-electron chi connectivity index (χ2n) is 7.61. The van der Waals surface area contributed by atoms with Crippen LogP contribution in [-0.2, 0) is 5.41 Å². The third-order valence-corrected chi connectivity index (χ3v) is 4.65. The molecular weight excluding hydrogens is 310 g/mol. The van der Waals surface area contributed by atoms with Gasteiger partial charge in [-0.2, -0.15) is 0 Å². The standard InChI is InChI=1S/C22H23NO2/c1-13-6-7-14(2)20-19(13)17(21(24)25)12-18(23-20)15-8-10-16(11-9-15)22(3,4)5/h6-12H,1-5H3,(H,24,25). The van der Waals surface area contributed by atoms with Crippen molar-refractivity contribution in [3.8, 4) is 11.3 Å². The number of aromatic nitrogens is 1. The summed E-state index contributed by atoms with van der Waals surface area (Å²) in [6.07, 6.45) is 0. The molecule has 0 aliphatic heterocycles. The highest BCUT2D eigenvalue weighted by Gasteiger charge is 2.17. The van der Waals surface area contributed by atoms with Gasteiger partial charge in [-0.3, -0.25) is 0 Å². The summed E-state index contributed by atoms with van der Waals surface area (Å²) in [6.45, 7) is 10.4. The second kappa shape index (κ2) is 5.99. The van der Waals surface area contributed by atoms with Crippen molar-refractivity contribution < 1.29 is 9.90 Å². The minimum Gasteiger partial charge on any atom is -0.478 e. The summed E-state index contributed by atoms with van der Waals surface area (Å²) < 4.78 is 0. The molecule has 0 amide bonds. The van der Waals surface area contributed by atoms with E-state index in [1.54, 1.807) is 6.07 Å². The number of rotatable bonds is 2. The zero-order valence-corrected chi connectivity index (χ0v) is 15.3. The molecule has 3 nitrogen and oxygen atoms in total. The first kappa shape index (κ1) is 17.2. The number of carbonyl (C=O) groups is 1. The number of nitrogens with zero attached hydrogens (tertiary/aromatic N) is 1. The molecule has 3 rings (SSSR count). The van der Waals surface area contributed by atoms with Gasteiger partial charge in [-0.25, -0.2) is 9.78 Å². The fourth-order valence-electron chi connectivity index (χ4n) is 3.10. The van der Waals surface area contributed by atoms with Crippen molar-refractivity contribution in [3.63, 3.8) is 0 Å². The normalized spacial score (nSPS) is 11.7. The van der Waals surface area contributed by atoms with Gasteiger partial charge in [-0.05, 0) is 42.0 Å². The van der Waals surface area contributed by atoms with Gasteiger partial charge in [0.05, 0.1) is 16.8 Å². The van der Waals surface area contributed by atoms with Crippen molar-refractivity contribution >= 4 is 16.9 Å². The first-order valence-electron chi connectivity index (χ1n) is 8.43. The summed E-state index contributed by atoms with van der Waals surface area (Å²) in [5.41, 5.74) is 5.92. The van der Waals surface area contributed by atoms with E-state index in [2.05, 4.69) is 32.9 Å². The topological polar surface area (TPSA) is 50.2 Å². The van der Waals surface area contributed by atoms with Gasteiger partial charge in [-0.15, -0.1) is 0 Å². The minimum absolute atomic E-state index is 0.0786. The van der Waals surface area contributed by atoms with E-state index >= 15 is 0 Å². The third-order valence-electron chi connectivity index (χ3n) is 4.65. The molecule has 1 heterocycles. The lowest BCUT2D eigenvalue weighted by atomic mass is 9.86. The SMILES string of the molecule is Cc1ccc(C)c2c(C(=O)O)cc(-c3ccc(C(C)(C)C)cc3)nc12. The van der Waals surface area contributed by atoms with Crippen LogP contribution in [0.15, 0.2) is 42.5 Å². The maximum atomic E-state index is 11.8.